The van der Waals surface area contributed by atoms with Crippen LogP contribution in [0.25, 0.3) is 11.4 Å². The van der Waals surface area contributed by atoms with Crippen molar-refractivity contribution >= 4 is 27.7 Å². The first-order valence-electron chi connectivity index (χ1n) is 8.65. The quantitative estimate of drug-likeness (QED) is 0.573. The van der Waals surface area contributed by atoms with Crippen LogP contribution < -0.4 is 4.90 Å². The molecular formula is C20H20BrN3O3. The van der Waals surface area contributed by atoms with Gasteiger partial charge in [0.05, 0.1) is 0 Å². The number of aromatic nitrogens is 2. The van der Waals surface area contributed by atoms with Crippen LogP contribution in [0.15, 0.2) is 57.5 Å². The normalized spacial score (nSPS) is 12.0. The van der Waals surface area contributed by atoms with Gasteiger partial charge in [0.2, 0.25) is 11.7 Å². The van der Waals surface area contributed by atoms with Crippen molar-refractivity contribution < 1.29 is 14.4 Å². The number of amides is 1. The van der Waals surface area contributed by atoms with Crippen LogP contribution >= 0.6 is 15.9 Å². The second-order valence-electron chi connectivity index (χ2n) is 6.23. The summed E-state index contributed by atoms with van der Waals surface area (Å²) < 4.78 is 5.96. The van der Waals surface area contributed by atoms with Gasteiger partial charge in [0, 0.05) is 28.7 Å². The monoisotopic (exact) mass is 429 g/mol. The van der Waals surface area contributed by atoms with Crippen molar-refractivity contribution in [3.8, 4) is 11.4 Å². The van der Waals surface area contributed by atoms with Crippen LogP contribution in [0.5, 0.6) is 0 Å². The number of rotatable bonds is 6. The Morgan fingerprint density at radius 2 is 2.00 bits per heavy atom. The number of halogens is 1. The summed E-state index contributed by atoms with van der Waals surface area (Å²) in [5, 5.41) is 13.7. The van der Waals surface area contributed by atoms with E-state index in [1.54, 1.807) is 19.1 Å². The first kappa shape index (κ1) is 19.1. The standard InChI is InChI=1S/C20H20BrN3O3/c1-3-17(24(20(25)26)18-9-7-16(21)8-10-18)12-14-5-4-6-15(11-14)19-22-13(2)27-23-19/h4-11,17H,3,12H2,1-2H3,(H,25,26). The Balaban J connectivity index is 1.87. The Morgan fingerprint density at radius 3 is 2.59 bits per heavy atom. The summed E-state index contributed by atoms with van der Waals surface area (Å²) in [5.74, 6) is 1.04. The van der Waals surface area contributed by atoms with Crippen LogP contribution in [0, 0.1) is 6.92 Å². The van der Waals surface area contributed by atoms with Crippen molar-refractivity contribution in [2.45, 2.75) is 32.7 Å². The molecule has 3 aromatic rings. The molecule has 6 nitrogen and oxygen atoms in total. The number of hydrogen-bond donors (Lipinski definition) is 1. The fraction of sp³-hybridized carbons (Fsp3) is 0.250. The van der Waals surface area contributed by atoms with Gasteiger partial charge in [0.25, 0.3) is 0 Å². The van der Waals surface area contributed by atoms with E-state index in [2.05, 4.69) is 26.1 Å². The van der Waals surface area contributed by atoms with Gasteiger partial charge in [-0.3, -0.25) is 4.90 Å². The lowest BCUT2D eigenvalue weighted by atomic mass is 10.00. The maximum Gasteiger partial charge on any atom is 0.412 e. The van der Waals surface area contributed by atoms with Crippen LogP contribution in [0.4, 0.5) is 10.5 Å². The summed E-state index contributed by atoms with van der Waals surface area (Å²) in [5.41, 5.74) is 2.53. The van der Waals surface area contributed by atoms with Crippen molar-refractivity contribution in [3.63, 3.8) is 0 Å². The van der Waals surface area contributed by atoms with Crippen molar-refractivity contribution in [3.05, 3.63) is 64.5 Å². The first-order chi connectivity index (χ1) is 13.0. The van der Waals surface area contributed by atoms with Gasteiger partial charge in [0.15, 0.2) is 0 Å². The molecule has 1 amide bonds. The van der Waals surface area contributed by atoms with Gasteiger partial charge in [-0.05, 0) is 48.7 Å². The third-order valence-corrected chi connectivity index (χ3v) is 4.86. The summed E-state index contributed by atoms with van der Waals surface area (Å²) >= 11 is 3.39. The van der Waals surface area contributed by atoms with E-state index in [1.807, 2.05) is 43.3 Å². The Morgan fingerprint density at radius 1 is 1.26 bits per heavy atom. The highest BCUT2D eigenvalue weighted by molar-refractivity contribution is 9.10. The summed E-state index contributed by atoms with van der Waals surface area (Å²) in [6.07, 6.45) is 0.311. The largest absolute Gasteiger partial charge is 0.465 e. The Bertz CT molecular complexity index is 924. The van der Waals surface area contributed by atoms with E-state index in [0.29, 0.717) is 30.2 Å². The van der Waals surface area contributed by atoms with Crippen molar-refractivity contribution in [1.82, 2.24) is 10.1 Å². The molecule has 3 rings (SSSR count). The molecule has 2 aromatic carbocycles. The number of benzene rings is 2. The van der Waals surface area contributed by atoms with Crippen LogP contribution in [-0.4, -0.2) is 27.4 Å². The number of hydrogen-bond acceptors (Lipinski definition) is 4. The summed E-state index contributed by atoms with van der Waals surface area (Å²) in [4.78, 5) is 17.6. The molecule has 7 heteroatoms. The van der Waals surface area contributed by atoms with E-state index >= 15 is 0 Å². The molecule has 1 aromatic heterocycles. The molecule has 0 fully saturated rings. The molecular weight excluding hydrogens is 410 g/mol. The third kappa shape index (κ3) is 4.54. The highest BCUT2D eigenvalue weighted by Gasteiger charge is 2.24. The topological polar surface area (TPSA) is 79.5 Å². The fourth-order valence-corrected chi connectivity index (χ4v) is 3.29. The minimum absolute atomic E-state index is 0.189. The Kier molecular flexibility index (Phi) is 5.91. The molecule has 1 atom stereocenters. The summed E-state index contributed by atoms with van der Waals surface area (Å²) in [6.45, 7) is 3.74. The first-order valence-corrected chi connectivity index (χ1v) is 9.44. The van der Waals surface area contributed by atoms with E-state index in [1.165, 1.54) is 4.90 Å². The second-order valence-corrected chi connectivity index (χ2v) is 7.15. The predicted molar refractivity (Wildman–Crippen MR) is 107 cm³/mol. The number of nitrogens with zero attached hydrogens (tertiary/aromatic N) is 3. The van der Waals surface area contributed by atoms with Crippen molar-refractivity contribution in [2.75, 3.05) is 4.90 Å². The van der Waals surface area contributed by atoms with Gasteiger partial charge in [0.1, 0.15) is 0 Å². The van der Waals surface area contributed by atoms with Crippen molar-refractivity contribution in [2.24, 2.45) is 0 Å². The minimum atomic E-state index is -0.964. The Labute approximate surface area is 166 Å². The molecule has 0 radical (unpaired) electrons. The van der Waals surface area contributed by atoms with Gasteiger partial charge in [-0.15, -0.1) is 0 Å². The fourth-order valence-electron chi connectivity index (χ4n) is 3.02. The van der Waals surface area contributed by atoms with E-state index < -0.39 is 6.09 Å². The van der Waals surface area contributed by atoms with E-state index in [9.17, 15) is 9.90 Å². The van der Waals surface area contributed by atoms with Crippen LogP contribution in [0.1, 0.15) is 24.8 Å². The van der Waals surface area contributed by atoms with Gasteiger partial charge in [-0.2, -0.15) is 4.98 Å². The molecule has 0 aliphatic heterocycles. The second kappa shape index (κ2) is 8.35. The minimum Gasteiger partial charge on any atom is -0.465 e. The number of aryl methyl sites for hydroxylation is 1. The molecule has 1 unspecified atom stereocenters. The van der Waals surface area contributed by atoms with Gasteiger partial charge < -0.3 is 9.63 Å². The molecule has 1 heterocycles. The average Bonchev–Trinajstić information content (AvgIpc) is 3.09. The smallest absolute Gasteiger partial charge is 0.412 e. The molecule has 0 aliphatic rings. The molecule has 0 bridgehead atoms. The maximum atomic E-state index is 11.9. The number of carboxylic acid groups (broad SMARTS) is 1. The maximum absolute atomic E-state index is 11.9. The van der Waals surface area contributed by atoms with Gasteiger partial charge in [-0.1, -0.05) is 46.2 Å². The summed E-state index contributed by atoms with van der Waals surface area (Å²) in [7, 11) is 0. The van der Waals surface area contributed by atoms with E-state index in [0.717, 1.165) is 15.6 Å². The molecule has 0 spiro atoms. The van der Waals surface area contributed by atoms with Crippen LogP contribution in [0.3, 0.4) is 0 Å². The van der Waals surface area contributed by atoms with Crippen LogP contribution in [-0.2, 0) is 6.42 Å². The molecule has 0 aliphatic carbocycles. The zero-order valence-corrected chi connectivity index (χ0v) is 16.7. The Hall–Kier alpha value is -2.67. The van der Waals surface area contributed by atoms with Crippen LogP contribution in [0.2, 0.25) is 0 Å². The molecule has 27 heavy (non-hydrogen) atoms. The summed E-state index contributed by atoms with van der Waals surface area (Å²) in [6, 6.07) is 14.9. The number of carbonyl (C=O) groups is 1. The van der Waals surface area contributed by atoms with Crippen molar-refractivity contribution in [1.29, 1.82) is 0 Å². The molecule has 1 N–H and O–H groups in total. The van der Waals surface area contributed by atoms with Gasteiger partial charge in [-0.25, -0.2) is 4.79 Å². The zero-order valence-electron chi connectivity index (χ0n) is 15.1. The van der Waals surface area contributed by atoms with Gasteiger partial charge >= 0.3 is 6.09 Å². The lowest BCUT2D eigenvalue weighted by Crippen LogP contribution is -2.40. The highest BCUT2D eigenvalue weighted by atomic mass is 79.9. The highest BCUT2D eigenvalue weighted by Crippen LogP contribution is 2.25. The zero-order chi connectivity index (χ0) is 19.4. The molecule has 140 valence electrons. The average molecular weight is 430 g/mol. The lowest BCUT2D eigenvalue weighted by molar-refractivity contribution is 0.198. The van der Waals surface area contributed by atoms with E-state index in [-0.39, 0.29) is 6.04 Å². The van der Waals surface area contributed by atoms with E-state index in [4.69, 9.17) is 4.52 Å². The number of anilines is 1. The molecule has 0 saturated heterocycles. The predicted octanol–water partition coefficient (Wildman–Crippen LogP) is 5.31. The lowest BCUT2D eigenvalue weighted by Gasteiger charge is -2.29. The molecule has 0 saturated carbocycles. The SMILES string of the molecule is CCC(Cc1cccc(-c2noc(C)n2)c1)N(C(=O)O)c1ccc(Br)cc1. The third-order valence-electron chi connectivity index (χ3n) is 4.33.